The van der Waals surface area contributed by atoms with Gasteiger partial charge in [0.2, 0.25) is 10.0 Å². The fraction of sp³-hybridized carbons (Fsp3) is 0.0667. The van der Waals surface area contributed by atoms with Crippen LogP contribution in [0.2, 0.25) is 0 Å². The molecule has 0 aliphatic carbocycles. The lowest BCUT2D eigenvalue weighted by molar-refractivity contribution is 0.0473. The summed E-state index contributed by atoms with van der Waals surface area (Å²) in [5, 5.41) is 5.01. The van der Waals surface area contributed by atoms with Crippen molar-refractivity contribution in [3.05, 3.63) is 63.9 Å². The van der Waals surface area contributed by atoms with Crippen molar-refractivity contribution in [2.24, 2.45) is 5.14 Å². The van der Waals surface area contributed by atoms with Gasteiger partial charge in [-0.3, -0.25) is 4.79 Å². The highest BCUT2D eigenvalue weighted by atomic mass is 79.9. The second-order valence-electron chi connectivity index (χ2n) is 4.69. The zero-order chi connectivity index (χ0) is 17.9. The van der Waals surface area contributed by atoms with Crippen LogP contribution in [0.25, 0.3) is 0 Å². The molecule has 0 fully saturated rings. The highest BCUT2D eigenvalue weighted by Gasteiger charge is 2.18. The highest BCUT2D eigenvalue weighted by molar-refractivity contribution is 9.10. The van der Waals surface area contributed by atoms with E-state index in [0.29, 0.717) is 0 Å². The lowest BCUT2D eigenvalue weighted by atomic mass is 10.1. The molecule has 126 valence electrons. The molecular formula is C15H11BrFNO5S. The lowest BCUT2D eigenvalue weighted by Gasteiger charge is -2.07. The van der Waals surface area contributed by atoms with Gasteiger partial charge in [0.05, 0.1) is 10.5 Å². The lowest BCUT2D eigenvalue weighted by Crippen LogP contribution is -2.16. The van der Waals surface area contributed by atoms with Crippen LogP contribution in [0.5, 0.6) is 0 Å². The standard InChI is InChI=1S/C15H11BrFNO5S/c16-13-6-5-11(24(18,21)22)7-12(13)15(20)23-8-14(19)9-1-3-10(17)4-2-9/h1-7H,8H2,(H2,18,21,22). The molecule has 0 amide bonds. The zero-order valence-corrected chi connectivity index (χ0v) is 14.4. The number of hydrogen-bond donors (Lipinski definition) is 1. The van der Waals surface area contributed by atoms with Gasteiger partial charge in [0.1, 0.15) is 5.82 Å². The summed E-state index contributed by atoms with van der Waals surface area (Å²) in [7, 11) is -3.99. The number of Topliss-reactive ketones (excluding diaryl/α,β-unsaturated/α-hetero) is 1. The topological polar surface area (TPSA) is 104 Å². The van der Waals surface area contributed by atoms with Gasteiger partial charge in [0.15, 0.2) is 12.4 Å². The van der Waals surface area contributed by atoms with Gasteiger partial charge in [-0.05, 0) is 58.4 Å². The minimum absolute atomic E-state index is 0.0894. The molecule has 0 aliphatic heterocycles. The van der Waals surface area contributed by atoms with Gasteiger partial charge in [0.25, 0.3) is 0 Å². The maximum absolute atomic E-state index is 12.8. The van der Waals surface area contributed by atoms with Crippen LogP contribution in [-0.4, -0.2) is 26.8 Å². The molecule has 0 saturated carbocycles. The number of benzene rings is 2. The van der Waals surface area contributed by atoms with Gasteiger partial charge in [-0.2, -0.15) is 0 Å². The first-order valence-corrected chi connectivity index (χ1v) is 8.80. The molecule has 6 nitrogen and oxygen atoms in total. The SMILES string of the molecule is NS(=O)(=O)c1ccc(Br)c(C(=O)OCC(=O)c2ccc(F)cc2)c1. The Bertz CT molecular complexity index is 897. The first-order chi connectivity index (χ1) is 11.2. The largest absolute Gasteiger partial charge is 0.454 e. The Morgan fingerprint density at radius 3 is 2.33 bits per heavy atom. The van der Waals surface area contributed by atoms with Crippen LogP contribution in [0.15, 0.2) is 51.8 Å². The van der Waals surface area contributed by atoms with Crippen LogP contribution in [-0.2, 0) is 14.8 Å². The van der Waals surface area contributed by atoms with Crippen LogP contribution < -0.4 is 5.14 Å². The van der Waals surface area contributed by atoms with Crippen molar-refractivity contribution < 1.29 is 27.1 Å². The summed E-state index contributed by atoms with van der Waals surface area (Å²) in [5.74, 6) is -1.92. The van der Waals surface area contributed by atoms with Crippen LogP contribution in [0.1, 0.15) is 20.7 Å². The maximum Gasteiger partial charge on any atom is 0.339 e. The van der Waals surface area contributed by atoms with Gasteiger partial charge in [-0.1, -0.05) is 0 Å². The first-order valence-electron chi connectivity index (χ1n) is 6.47. The number of halogens is 2. The Morgan fingerprint density at radius 1 is 1.12 bits per heavy atom. The third kappa shape index (κ3) is 4.47. The molecule has 0 spiro atoms. The molecule has 0 bridgehead atoms. The Labute approximate surface area is 145 Å². The Hall–Kier alpha value is -2.10. The van der Waals surface area contributed by atoms with Crippen LogP contribution in [0, 0.1) is 5.82 Å². The zero-order valence-electron chi connectivity index (χ0n) is 12.0. The number of nitrogens with two attached hydrogens (primary N) is 1. The first kappa shape index (κ1) is 18.2. The minimum atomic E-state index is -3.99. The van der Waals surface area contributed by atoms with E-state index in [1.165, 1.54) is 24.3 Å². The van der Waals surface area contributed by atoms with Gasteiger partial charge in [-0.15, -0.1) is 0 Å². The van der Waals surface area contributed by atoms with Crippen molar-refractivity contribution >= 4 is 37.7 Å². The van der Waals surface area contributed by atoms with Gasteiger partial charge in [0, 0.05) is 10.0 Å². The van der Waals surface area contributed by atoms with Crippen LogP contribution in [0.3, 0.4) is 0 Å². The number of carbonyl (C=O) groups is 2. The average molecular weight is 416 g/mol. The third-order valence-electron chi connectivity index (χ3n) is 2.99. The van der Waals surface area contributed by atoms with Crippen LogP contribution in [0.4, 0.5) is 4.39 Å². The second-order valence-corrected chi connectivity index (χ2v) is 7.11. The maximum atomic E-state index is 12.8. The number of esters is 1. The van der Waals surface area contributed by atoms with E-state index in [4.69, 9.17) is 9.88 Å². The summed E-state index contributed by atoms with van der Waals surface area (Å²) in [6, 6.07) is 8.36. The highest BCUT2D eigenvalue weighted by Crippen LogP contribution is 2.21. The van der Waals surface area contributed by atoms with Gasteiger partial charge < -0.3 is 4.74 Å². The van der Waals surface area contributed by atoms with E-state index in [9.17, 15) is 22.4 Å². The van der Waals surface area contributed by atoms with E-state index in [0.717, 1.165) is 18.2 Å². The molecule has 2 rings (SSSR count). The van der Waals surface area contributed by atoms with Gasteiger partial charge >= 0.3 is 5.97 Å². The molecule has 2 N–H and O–H groups in total. The molecule has 0 saturated heterocycles. The predicted octanol–water partition coefficient (Wildman–Crippen LogP) is 2.28. The van der Waals surface area contributed by atoms with Crippen LogP contribution >= 0.6 is 15.9 Å². The number of sulfonamides is 1. The molecule has 0 radical (unpaired) electrons. The van der Waals surface area contributed by atoms with Crippen molar-refractivity contribution in [1.82, 2.24) is 0 Å². The Balaban J connectivity index is 2.12. The van der Waals surface area contributed by atoms with Crippen molar-refractivity contribution in [2.75, 3.05) is 6.61 Å². The average Bonchev–Trinajstić information content (AvgIpc) is 2.52. The van der Waals surface area contributed by atoms with E-state index in [1.807, 2.05) is 0 Å². The number of ketones is 1. The van der Waals surface area contributed by atoms with Crippen molar-refractivity contribution in [1.29, 1.82) is 0 Å². The quantitative estimate of drug-likeness (QED) is 0.595. The molecule has 0 aromatic heterocycles. The van der Waals surface area contributed by atoms with E-state index in [-0.39, 0.29) is 20.5 Å². The third-order valence-corrected chi connectivity index (χ3v) is 4.59. The molecule has 0 aliphatic rings. The summed E-state index contributed by atoms with van der Waals surface area (Å²) >= 11 is 3.09. The number of ether oxygens (including phenoxy) is 1. The van der Waals surface area contributed by atoms with E-state index in [1.54, 1.807) is 0 Å². The number of hydrogen-bond acceptors (Lipinski definition) is 5. The second kappa shape index (κ2) is 7.20. The normalized spacial score (nSPS) is 11.1. The van der Waals surface area contributed by atoms with E-state index < -0.39 is 34.2 Å². The molecular weight excluding hydrogens is 405 g/mol. The molecule has 9 heteroatoms. The molecule has 24 heavy (non-hydrogen) atoms. The molecule has 2 aromatic carbocycles. The fourth-order valence-corrected chi connectivity index (χ4v) is 2.71. The predicted molar refractivity (Wildman–Crippen MR) is 86.5 cm³/mol. The summed E-state index contributed by atoms with van der Waals surface area (Å²) < 4.78 is 40.6. The van der Waals surface area contributed by atoms with Crippen molar-refractivity contribution in [3.63, 3.8) is 0 Å². The summed E-state index contributed by atoms with van der Waals surface area (Å²) in [6.07, 6.45) is 0. The van der Waals surface area contributed by atoms with E-state index in [2.05, 4.69) is 15.9 Å². The van der Waals surface area contributed by atoms with Crippen molar-refractivity contribution in [2.45, 2.75) is 4.90 Å². The summed E-state index contributed by atoms with van der Waals surface area (Å²) in [4.78, 5) is 23.6. The summed E-state index contributed by atoms with van der Waals surface area (Å²) in [6.45, 7) is -0.573. The molecule has 0 heterocycles. The molecule has 0 unspecified atom stereocenters. The fourth-order valence-electron chi connectivity index (χ4n) is 1.77. The van der Waals surface area contributed by atoms with Gasteiger partial charge in [-0.25, -0.2) is 22.7 Å². The van der Waals surface area contributed by atoms with E-state index >= 15 is 0 Å². The number of carbonyl (C=O) groups excluding carboxylic acids is 2. The molecule has 0 atom stereocenters. The number of primary sulfonamides is 1. The smallest absolute Gasteiger partial charge is 0.339 e. The van der Waals surface area contributed by atoms with Crippen molar-refractivity contribution in [3.8, 4) is 0 Å². The Morgan fingerprint density at radius 2 is 1.75 bits per heavy atom. The number of rotatable bonds is 5. The minimum Gasteiger partial charge on any atom is -0.454 e. The molecule has 2 aromatic rings. The Kier molecular flexibility index (Phi) is 5.47. The summed E-state index contributed by atoms with van der Waals surface area (Å²) in [5.41, 5.74) is 0.0926. The monoisotopic (exact) mass is 415 g/mol.